The van der Waals surface area contributed by atoms with Gasteiger partial charge in [0.15, 0.2) is 17.0 Å². The lowest BCUT2D eigenvalue weighted by Gasteiger charge is -2.05. The van der Waals surface area contributed by atoms with Crippen LogP contribution in [0, 0.1) is 6.92 Å². The molecule has 5 aromatic rings. The van der Waals surface area contributed by atoms with E-state index in [0.29, 0.717) is 29.2 Å². The summed E-state index contributed by atoms with van der Waals surface area (Å²) in [7, 11) is 0. The third-order valence-corrected chi connectivity index (χ3v) is 4.64. The van der Waals surface area contributed by atoms with E-state index in [0.717, 1.165) is 35.0 Å². The van der Waals surface area contributed by atoms with Crippen LogP contribution in [0.3, 0.4) is 0 Å². The first-order chi connectivity index (χ1) is 12.3. The Morgan fingerprint density at radius 3 is 2.92 bits per heavy atom. The minimum absolute atomic E-state index is 0.407. The van der Waals surface area contributed by atoms with E-state index in [9.17, 15) is 0 Å². The lowest BCUT2D eigenvalue weighted by Crippen LogP contribution is -1.99. The summed E-state index contributed by atoms with van der Waals surface area (Å²) in [4.78, 5) is 13.7. The van der Waals surface area contributed by atoms with Crippen LogP contribution in [0.2, 0.25) is 0 Å². The second kappa shape index (κ2) is 4.41. The SMILES string of the molecule is Cc1nc2c3ccccc3n3cnc(-c4noc(C5CC5)n4)c3n2n1. The van der Waals surface area contributed by atoms with Gasteiger partial charge in [-0.15, -0.1) is 5.10 Å². The van der Waals surface area contributed by atoms with Crippen molar-refractivity contribution < 1.29 is 4.52 Å². The molecule has 1 saturated carbocycles. The predicted molar refractivity (Wildman–Crippen MR) is 89.2 cm³/mol. The van der Waals surface area contributed by atoms with E-state index in [-0.39, 0.29) is 0 Å². The molecule has 0 spiro atoms. The van der Waals surface area contributed by atoms with E-state index in [1.54, 1.807) is 6.33 Å². The van der Waals surface area contributed by atoms with Crippen molar-refractivity contribution in [1.29, 1.82) is 0 Å². The minimum Gasteiger partial charge on any atom is -0.339 e. The van der Waals surface area contributed by atoms with Gasteiger partial charge in [0.1, 0.15) is 12.2 Å². The second-order valence-electron chi connectivity index (χ2n) is 6.43. The normalized spacial score (nSPS) is 14.9. The van der Waals surface area contributed by atoms with Crippen molar-refractivity contribution in [2.24, 2.45) is 0 Å². The standard InChI is InChI=1S/C17H13N7O/c1-9-19-15-11-4-2-3-5-12(11)23-8-18-13(17(23)24(15)21-9)14-20-16(25-22-14)10-6-7-10/h2-5,8,10H,6-7H2,1H3. The molecule has 122 valence electrons. The maximum atomic E-state index is 5.41. The lowest BCUT2D eigenvalue weighted by atomic mass is 10.2. The molecule has 6 rings (SSSR count). The minimum atomic E-state index is 0.407. The van der Waals surface area contributed by atoms with Crippen molar-refractivity contribution in [3.63, 3.8) is 0 Å². The van der Waals surface area contributed by atoms with Crippen molar-refractivity contribution >= 4 is 22.2 Å². The molecule has 0 unspecified atom stereocenters. The number of aromatic nitrogens is 7. The quantitative estimate of drug-likeness (QED) is 0.494. The van der Waals surface area contributed by atoms with Crippen molar-refractivity contribution in [2.75, 3.05) is 0 Å². The summed E-state index contributed by atoms with van der Waals surface area (Å²) in [6.07, 6.45) is 4.00. The summed E-state index contributed by atoms with van der Waals surface area (Å²) in [6, 6.07) is 8.08. The molecular formula is C17H13N7O. The van der Waals surface area contributed by atoms with Crippen molar-refractivity contribution in [1.82, 2.24) is 34.1 Å². The van der Waals surface area contributed by atoms with Crippen LogP contribution < -0.4 is 0 Å². The smallest absolute Gasteiger partial charge is 0.230 e. The number of nitrogens with zero attached hydrogens (tertiary/aromatic N) is 7. The van der Waals surface area contributed by atoms with Crippen molar-refractivity contribution in [2.45, 2.75) is 25.7 Å². The molecule has 4 aromatic heterocycles. The highest BCUT2D eigenvalue weighted by molar-refractivity contribution is 5.95. The highest BCUT2D eigenvalue weighted by atomic mass is 16.5. The van der Waals surface area contributed by atoms with Crippen LogP contribution >= 0.6 is 0 Å². The van der Waals surface area contributed by atoms with Crippen LogP contribution in [-0.2, 0) is 0 Å². The van der Waals surface area contributed by atoms with E-state index >= 15 is 0 Å². The summed E-state index contributed by atoms with van der Waals surface area (Å²) in [5.74, 6) is 2.30. The van der Waals surface area contributed by atoms with E-state index in [2.05, 4.69) is 25.2 Å². The van der Waals surface area contributed by atoms with Gasteiger partial charge in [-0.05, 0) is 31.9 Å². The molecule has 25 heavy (non-hydrogen) atoms. The monoisotopic (exact) mass is 331 g/mol. The van der Waals surface area contributed by atoms with E-state index in [1.807, 2.05) is 40.1 Å². The van der Waals surface area contributed by atoms with Gasteiger partial charge in [-0.2, -0.15) is 9.50 Å². The summed E-state index contributed by atoms with van der Waals surface area (Å²) in [6.45, 7) is 1.88. The Balaban J connectivity index is 1.74. The van der Waals surface area contributed by atoms with Crippen LogP contribution in [0.4, 0.5) is 0 Å². The molecule has 1 aliphatic carbocycles. The number of imidazole rings is 1. The average molecular weight is 331 g/mol. The number of rotatable bonds is 2. The maximum absolute atomic E-state index is 5.41. The van der Waals surface area contributed by atoms with Gasteiger partial charge in [0.25, 0.3) is 0 Å². The van der Waals surface area contributed by atoms with Crippen molar-refractivity contribution in [3.8, 4) is 11.5 Å². The molecular weight excluding hydrogens is 318 g/mol. The number of aryl methyl sites for hydroxylation is 1. The zero-order valence-corrected chi connectivity index (χ0v) is 13.4. The van der Waals surface area contributed by atoms with E-state index in [1.165, 1.54) is 0 Å². The maximum Gasteiger partial charge on any atom is 0.230 e. The molecule has 0 saturated heterocycles. The highest BCUT2D eigenvalue weighted by Crippen LogP contribution is 2.39. The molecule has 0 bridgehead atoms. The fraction of sp³-hybridized carbons (Fsp3) is 0.235. The van der Waals surface area contributed by atoms with Crippen LogP contribution in [0.25, 0.3) is 33.7 Å². The zero-order valence-electron chi connectivity index (χ0n) is 13.4. The lowest BCUT2D eigenvalue weighted by molar-refractivity contribution is 0.380. The van der Waals surface area contributed by atoms with E-state index in [4.69, 9.17) is 4.52 Å². The first-order valence-electron chi connectivity index (χ1n) is 8.25. The summed E-state index contributed by atoms with van der Waals surface area (Å²) in [5.41, 5.74) is 3.25. The number of para-hydroxylation sites is 1. The molecule has 0 aliphatic heterocycles. The molecule has 0 atom stereocenters. The molecule has 8 nitrogen and oxygen atoms in total. The first-order valence-corrected chi connectivity index (χ1v) is 8.25. The molecule has 0 amide bonds. The Hall–Kier alpha value is -3.29. The molecule has 1 aromatic carbocycles. The van der Waals surface area contributed by atoms with Crippen LogP contribution in [0.15, 0.2) is 35.1 Å². The van der Waals surface area contributed by atoms with Crippen LogP contribution in [0.5, 0.6) is 0 Å². The largest absolute Gasteiger partial charge is 0.339 e. The van der Waals surface area contributed by atoms with E-state index < -0.39 is 0 Å². The number of hydrogen-bond acceptors (Lipinski definition) is 6. The number of fused-ring (bicyclic) bond motifs is 6. The average Bonchev–Trinajstić information content (AvgIpc) is 3.05. The van der Waals surface area contributed by atoms with Crippen LogP contribution in [-0.4, -0.2) is 34.1 Å². The van der Waals surface area contributed by atoms with Gasteiger partial charge < -0.3 is 4.52 Å². The van der Waals surface area contributed by atoms with Gasteiger partial charge in [0.2, 0.25) is 11.7 Å². The molecule has 0 N–H and O–H groups in total. The predicted octanol–water partition coefficient (Wildman–Crippen LogP) is 2.77. The topological polar surface area (TPSA) is 86.4 Å². The van der Waals surface area contributed by atoms with Gasteiger partial charge in [-0.25, -0.2) is 9.97 Å². The van der Waals surface area contributed by atoms with Gasteiger partial charge in [0, 0.05) is 11.3 Å². The summed E-state index contributed by atoms with van der Waals surface area (Å²) in [5, 5.41) is 9.72. The Kier molecular flexibility index (Phi) is 2.30. The Bertz CT molecular complexity index is 1270. The van der Waals surface area contributed by atoms with Gasteiger partial charge in [0.05, 0.1) is 5.52 Å². The van der Waals surface area contributed by atoms with Crippen molar-refractivity contribution in [3.05, 3.63) is 42.3 Å². The van der Waals surface area contributed by atoms with Crippen LogP contribution in [0.1, 0.15) is 30.5 Å². The van der Waals surface area contributed by atoms with Gasteiger partial charge >= 0.3 is 0 Å². The van der Waals surface area contributed by atoms with Gasteiger partial charge in [-0.1, -0.05) is 17.3 Å². The Morgan fingerprint density at radius 2 is 2.04 bits per heavy atom. The highest BCUT2D eigenvalue weighted by Gasteiger charge is 2.30. The Morgan fingerprint density at radius 1 is 1.16 bits per heavy atom. The molecule has 0 radical (unpaired) electrons. The fourth-order valence-corrected chi connectivity index (χ4v) is 3.32. The second-order valence-corrected chi connectivity index (χ2v) is 6.43. The molecule has 1 fully saturated rings. The zero-order chi connectivity index (χ0) is 16.5. The first kappa shape index (κ1) is 13.1. The van der Waals surface area contributed by atoms with Gasteiger partial charge in [-0.3, -0.25) is 4.40 Å². The molecule has 1 aliphatic rings. The summed E-state index contributed by atoms with van der Waals surface area (Å²) >= 11 is 0. The third-order valence-electron chi connectivity index (χ3n) is 4.64. The number of hydrogen-bond donors (Lipinski definition) is 0. The number of benzene rings is 1. The third kappa shape index (κ3) is 1.73. The fourth-order valence-electron chi connectivity index (χ4n) is 3.32. The Labute approximate surface area is 141 Å². The molecule has 4 heterocycles. The molecule has 8 heteroatoms. The summed E-state index contributed by atoms with van der Waals surface area (Å²) < 4.78 is 9.22.